The predicted octanol–water partition coefficient (Wildman–Crippen LogP) is 2.88. The van der Waals surface area contributed by atoms with Crippen molar-refractivity contribution in [3.8, 4) is 11.3 Å². The number of nitrogens with zero attached hydrogens (tertiary/aromatic N) is 1. The van der Waals surface area contributed by atoms with Crippen LogP contribution in [-0.4, -0.2) is 11.0 Å². The summed E-state index contributed by atoms with van der Waals surface area (Å²) in [5, 5.41) is 10.5. The molecular formula is C13H13FN2O3. The summed E-state index contributed by atoms with van der Waals surface area (Å²) in [6.07, 6.45) is 0.579. The van der Waals surface area contributed by atoms with Crippen LogP contribution < -0.4 is 5.73 Å². The van der Waals surface area contributed by atoms with Gasteiger partial charge in [-0.3, -0.25) is 10.1 Å². The van der Waals surface area contributed by atoms with Crippen molar-refractivity contribution >= 4 is 5.69 Å². The second-order valence-electron chi connectivity index (χ2n) is 4.37. The number of rotatable bonds is 4. The van der Waals surface area contributed by atoms with E-state index in [1.54, 1.807) is 12.1 Å². The van der Waals surface area contributed by atoms with Gasteiger partial charge in [0.2, 0.25) is 5.82 Å². The molecule has 2 aromatic rings. The van der Waals surface area contributed by atoms with Crippen LogP contribution in [0.25, 0.3) is 11.3 Å². The van der Waals surface area contributed by atoms with E-state index in [2.05, 4.69) is 0 Å². The van der Waals surface area contributed by atoms with E-state index in [4.69, 9.17) is 10.2 Å². The summed E-state index contributed by atoms with van der Waals surface area (Å²) in [6.45, 7) is 1.85. The van der Waals surface area contributed by atoms with E-state index in [0.29, 0.717) is 23.5 Å². The van der Waals surface area contributed by atoms with Crippen molar-refractivity contribution in [2.75, 3.05) is 0 Å². The van der Waals surface area contributed by atoms with E-state index in [1.807, 2.05) is 6.92 Å². The molecule has 2 rings (SSSR count). The van der Waals surface area contributed by atoms with Crippen molar-refractivity contribution in [2.45, 2.75) is 19.4 Å². The van der Waals surface area contributed by atoms with Gasteiger partial charge in [-0.15, -0.1) is 0 Å². The Kier molecular flexibility index (Phi) is 3.62. The molecule has 0 aliphatic rings. The van der Waals surface area contributed by atoms with Crippen LogP contribution in [0, 0.1) is 15.9 Å². The highest BCUT2D eigenvalue weighted by Gasteiger charge is 2.15. The Balaban J connectivity index is 2.29. The highest BCUT2D eigenvalue weighted by molar-refractivity contribution is 5.60. The SMILES string of the molecule is CC(N)Cc1ccc(-c2ccc([N+](=O)[O-])c(F)c2)o1. The Labute approximate surface area is 109 Å². The highest BCUT2D eigenvalue weighted by atomic mass is 19.1. The lowest BCUT2D eigenvalue weighted by atomic mass is 10.1. The van der Waals surface area contributed by atoms with Crippen molar-refractivity contribution in [2.24, 2.45) is 5.73 Å². The molecule has 0 saturated heterocycles. The Morgan fingerprint density at radius 2 is 2.16 bits per heavy atom. The first-order chi connectivity index (χ1) is 8.97. The van der Waals surface area contributed by atoms with Gasteiger partial charge >= 0.3 is 5.69 Å². The number of nitro benzene ring substituents is 1. The number of benzene rings is 1. The van der Waals surface area contributed by atoms with Crippen molar-refractivity contribution in [3.05, 3.63) is 52.0 Å². The van der Waals surface area contributed by atoms with Crippen molar-refractivity contribution in [3.63, 3.8) is 0 Å². The minimum atomic E-state index is -0.882. The van der Waals surface area contributed by atoms with Gasteiger partial charge in [0.1, 0.15) is 11.5 Å². The van der Waals surface area contributed by atoms with Gasteiger partial charge in [0.15, 0.2) is 0 Å². The molecule has 5 nitrogen and oxygen atoms in total. The first-order valence-electron chi connectivity index (χ1n) is 5.76. The summed E-state index contributed by atoms with van der Waals surface area (Å²) in [7, 11) is 0. The third kappa shape index (κ3) is 2.97. The minimum absolute atomic E-state index is 0.0346. The lowest BCUT2D eigenvalue weighted by Gasteiger charge is -2.01. The second kappa shape index (κ2) is 5.19. The quantitative estimate of drug-likeness (QED) is 0.680. The average Bonchev–Trinajstić information content (AvgIpc) is 2.75. The van der Waals surface area contributed by atoms with Crippen LogP contribution in [-0.2, 0) is 6.42 Å². The smallest absolute Gasteiger partial charge is 0.304 e. The first-order valence-corrected chi connectivity index (χ1v) is 5.76. The van der Waals surface area contributed by atoms with Crippen molar-refractivity contribution in [1.29, 1.82) is 0 Å². The molecule has 0 bridgehead atoms. The number of furan rings is 1. The molecule has 19 heavy (non-hydrogen) atoms. The van der Waals surface area contributed by atoms with Crippen LogP contribution in [0.4, 0.5) is 10.1 Å². The van der Waals surface area contributed by atoms with E-state index in [1.165, 1.54) is 6.07 Å². The maximum absolute atomic E-state index is 13.5. The molecule has 0 aliphatic heterocycles. The molecule has 1 unspecified atom stereocenters. The number of hydrogen-bond donors (Lipinski definition) is 1. The van der Waals surface area contributed by atoms with E-state index in [-0.39, 0.29) is 6.04 Å². The third-order valence-corrected chi connectivity index (χ3v) is 2.61. The standard InChI is InChI=1S/C13H13FN2O3/c1-8(15)6-10-3-5-13(19-10)9-2-4-12(16(17)18)11(14)7-9/h2-5,7-8H,6,15H2,1H3. The molecule has 0 amide bonds. The number of hydrogen-bond acceptors (Lipinski definition) is 4. The maximum Gasteiger partial charge on any atom is 0.304 e. The molecule has 1 atom stereocenters. The number of nitrogens with two attached hydrogens (primary N) is 1. The molecule has 1 heterocycles. The van der Waals surface area contributed by atoms with E-state index >= 15 is 0 Å². The maximum atomic E-state index is 13.5. The van der Waals surface area contributed by atoms with E-state index in [9.17, 15) is 14.5 Å². The Hall–Kier alpha value is -2.21. The fourth-order valence-electron chi connectivity index (χ4n) is 1.77. The molecule has 0 fully saturated rings. The molecule has 6 heteroatoms. The van der Waals surface area contributed by atoms with Crippen molar-refractivity contribution in [1.82, 2.24) is 0 Å². The zero-order valence-electron chi connectivity index (χ0n) is 10.3. The summed E-state index contributed by atoms with van der Waals surface area (Å²) < 4.78 is 19.0. The van der Waals surface area contributed by atoms with Crippen LogP contribution in [0.5, 0.6) is 0 Å². The lowest BCUT2D eigenvalue weighted by molar-refractivity contribution is -0.387. The summed E-state index contributed by atoms with van der Waals surface area (Å²) in [5.74, 6) is 0.279. The van der Waals surface area contributed by atoms with Crippen LogP contribution in [0.2, 0.25) is 0 Å². The summed E-state index contributed by atoms with van der Waals surface area (Å²) in [4.78, 5) is 9.76. The molecule has 0 aliphatic carbocycles. The normalized spacial score (nSPS) is 12.4. The second-order valence-corrected chi connectivity index (χ2v) is 4.37. The van der Waals surface area contributed by atoms with E-state index < -0.39 is 16.4 Å². The molecule has 1 aromatic heterocycles. The van der Waals surface area contributed by atoms with Gasteiger partial charge in [-0.05, 0) is 31.2 Å². The van der Waals surface area contributed by atoms with Crippen molar-refractivity contribution < 1.29 is 13.7 Å². The molecule has 100 valence electrons. The van der Waals surface area contributed by atoms with Gasteiger partial charge in [-0.25, -0.2) is 0 Å². The monoisotopic (exact) mass is 264 g/mol. The fraction of sp³-hybridized carbons (Fsp3) is 0.231. The Morgan fingerprint density at radius 1 is 1.42 bits per heavy atom. The third-order valence-electron chi connectivity index (χ3n) is 2.61. The number of nitro groups is 1. The van der Waals surface area contributed by atoms with Gasteiger partial charge in [-0.1, -0.05) is 0 Å². The molecule has 0 saturated carbocycles. The molecular weight excluding hydrogens is 251 g/mol. The zero-order valence-corrected chi connectivity index (χ0v) is 10.3. The van der Waals surface area contributed by atoms with Gasteiger partial charge in [0.25, 0.3) is 0 Å². The van der Waals surface area contributed by atoms with Crippen LogP contribution >= 0.6 is 0 Å². The molecule has 2 N–H and O–H groups in total. The van der Waals surface area contributed by atoms with Crippen LogP contribution in [0.3, 0.4) is 0 Å². The van der Waals surface area contributed by atoms with Gasteiger partial charge < -0.3 is 10.2 Å². The highest BCUT2D eigenvalue weighted by Crippen LogP contribution is 2.27. The Bertz CT molecular complexity index is 608. The fourth-order valence-corrected chi connectivity index (χ4v) is 1.77. The largest absolute Gasteiger partial charge is 0.461 e. The summed E-state index contributed by atoms with van der Waals surface area (Å²) in [5.41, 5.74) is 5.56. The lowest BCUT2D eigenvalue weighted by Crippen LogP contribution is -2.17. The molecule has 0 radical (unpaired) electrons. The first kappa shape index (κ1) is 13.2. The summed E-state index contributed by atoms with van der Waals surface area (Å²) >= 11 is 0. The van der Waals surface area contributed by atoms with Gasteiger partial charge in [0, 0.05) is 24.1 Å². The van der Waals surface area contributed by atoms with Crippen LogP contribution in [0.15, 0.2) is 34.7 Å². The average molecular weight is 264 g/mol. The summed E-state index contributed by atoms with van der Waals surface area (Å²) in [6, 6.07) is 7.09. The topological polar surface area (TPSA) is 82.3 Å². The predicted molar refractivity (Wildman–Crippen MR) is 68.1 cm³/mol. The van der Waals surface area contributed by atoms with E-state index in [0.717, 1.165) is 12.1 Å². The van der Waals surface area contributed by atoms with Crippen LogP contribution in [0.1, 0.15) is 12.7 Å². The van der Waals surface area contributed by atoms with Gasteiger partial charge in [0.05, 0.1) is 4.92 Å². The Morgan fingerprint density at radius 3 is 2.74 bits per heavy atom. The molecule has 0 spiro atoms. The van der Waals surface area contributed by atoms with Gasteiger partial charge in [-0.2, -0.15) is 4.39 Å². The number of halogens is 1. The molecule has 1 aromatic carbocycles. The zero-order chi connectivity index (χ0) is 14.0. The minimum Gasteiger partial charge on any atom is -0.461 e.